The van der Waals surface area contributed by atoms with Gasteiger partial charge in [-0.1, -0.05) is 74.5 Å². The Morgan fingerprint density at radius 2 is 1.46 bits per heavy atom. The molecule has 0 fully saturated rings. The number of nitrogens with zero attached hydrogens (tertiary/aromatic N) is 1. The SMILES string of the molecule is CC(C)C(=O)NCCNC(=O)c1sc(-c2ccccc2)nc1-c1ccccc1. The first-order valence-corrected chi connectivity index (χ1v) is 10.1. The Hall–Kier alpha value is -2.99. The third-order valence-electron chi connectivity index (χ3n) is 4.14. The van der Waals surface area contributed by atoms with E-state index in [9.17, 15) is 9.59 Å². The predicted octanol–water partition coefficient (Wildman–Crippen LogP) is 3.98. The van der Waals surface area contributed by atoms with Gasteiger partial charge in [-0.2, -0.15) is 0 Å². The number of carbonyl (C=O) groups is 2. The van der Waals surface area contributed by atoms with Crippen molar-refractivity contribution in [1.29, 1.82) is 0 Å². The summed E-state index contributed by atoms with van der Waals surface area (Å²) in [4.78, 5) is 29.7. The van der Waals surface area contributed by atoms with E-state index < -0.39 is 0 Å². The maximum atomic E-state index is 12.8. The zero-order chi connectivity index (χ0) is 19.9. The summed E-state index contributed by atoms with van der Waals surface area (Å²) in [5, 5.41) is 6.49. The number of nitrogens with one attached hydrogen (secondary N) is 2. The molecule has 0 saturated heterocycles. The summed E-state index contributed by atoms with van der Waals surface area (Å²) in [6.45, 7) is 4.43. The smallest absolute Gasteiger partial charge is 0.263 e. The molecule has 2 aromatic carbocycles. The summed E-state index contributed by atoms with van der Waals surface area (Å²) >= 11 is 1.37. The molecule has 3 rings (SSSR count). The van der Waals surface area contributed by atoms with Crippen LogP contribution in [0.25, 0.3) is 21.8 Å². The average molecular weight is 394 g/mol. The van der Waals surface area contributed by atoms with E-state index in [1.165, 1.54) is 11.3 Å². The number of thiazole rings is 1. The number of amides is 2. The number of hydrogen-bond donors (Lipinski definition) is 2. The molecule has 28 heavy (non-hydrogen) atoms. The van der Waals surface area contributed by atoms with Crippen LogP contribution in [0.1, 0.15) is 23.5 Å². The van der Waals surface area contributed by atoms with Gasteiger partial charge in [-0.25, -0.2) is 4.98 Å². The number of rotatable bonds is 7. The largest absolute Gasteiger partial charge is 0.354 e. The zero-order valence-corrected chi connectivity index (χ0v) is 16.8. The van der Waals surface area contributed by atoms with Crippen molar-refractivity contribution >= 4 is 23.2 Å². The average Bonchev–Trinajstić information content (AvgIpc) is 3.18. The predicted molar refractivity (Wildman–Crippen MR) is 113 cm³/mol. The van der Waals surface area contributed by atoms with Gasteiger partial charge < -0.3 is 10.6 Å². The molecule has 0 unspecified atom stereocenters. The van der Waals surface area contributed by atoms with Crippen molar-refractivity contribution in [3.8, 4) is 21.8 Å². The van der Waals surface area contributed by atoms with E-state index in [4.69, 9.17) is 4.98 Å². The molecule has 5 nitrogen and oxygen atoms in total. The molecule has 0 saturated carbocycles. The molecule has 0 aliphatic heterocycles. The van der Waals surface area contributed by atoms with Crippen LogP contribution < -0.4 is 10.6 Å². The molecule has 6 heteroatoms. The fourth-order valence-electron chi connectivity index (χ4n) is 2.62. The molecular formula is C22H23N3O2S. The molecule has 2 N–H and O–H groups in total. The molecule has 0 aliphatic rings. The quantitative estimate of drug-likeness (QED) is 0.597. The van der Waals surface area contributed by atoms with Gasteiger partial charge in [0.15, 0.2) is 0 Å². The van der Waals surface area contributed by atoms with Gasteiger partial charge in [0.25, 0.3) is 5.91 Å². The van der Waals surface area contributed by atoms with Crippen LogP contribution in [0.15, 0.2) is 60.7 Å². The lowest BCUT2D eigenvalue weighted by atomic mass is 10.1. The van der Waals surface area contributed by atoms with E-state index in [1.54, 1.807) is 0 Å². The highest BCUT2D eigenvalue weighted by Crippen LogP contribution is 2.33. The Kier molecular flexibility index (Phi) is 6.55. The first kappa shape index (κ1) is 19.8. The first-order valence-electron chi connectivity index (χ1n) is 9.24. The van der Waals surface area contributed by atoms with E-state index in [-0.39, 0.29) is 17.7 Å². The van der Waals surface area contributed by atoms with E-state index in [0.29, 0.717) is 23.7 Å². The van der Waals surface area contributed by atoms with Crippen molar-refractivity contribution in [3.63, 3.8) is 0 Å². The summed E-state index contributed by atoms with van der Waals surface area (Å²) in [6.07, 6.45) is 0. The van der Waals surface area contributed by atoms with E-state index >= 15 is 0 Å². The minimum atomic E-state index is -0.183. The number of hydrogen-bond acceptors (Lipinski definition) is 4. The fourth-order valence-corrected chi connectivity index (χ4v) is 3.63. The van der Waals surface area contributed by atoms with Crippen LogP contribution in [0.2, 0.25) is 0 Å². The third kappa shape index (κ3) is 4.84. The number of aromatic nitrogens is 1. The van der Waals surface area contributed by atoms with Crippen LogP contribution in [0.5, 0.6) is 0 Å². The molecule has 0 atom stereocenters. The lowest BCUT2D eigenvalue weighted by molar-refractivity contribution is -0.123. The first-order chi connectivity index (χ1) is 13.6. The minimum Gasteiger partial charge on any atom is -0.354 e. The Balaban J connectivity index is 1.79. The number of carbonyl (C=O) groups excluding carboxylic acids is 2. The molecule has 1 heterocycles. The van der Waals surface area contributed by atoms with E-state index in [1.807, 2.05) is 74.5 Å². The summed E-state index contributed by atoms with van der Waals surface area (Å²) in [6, 6.07) is 19.5. The maximum absolute atomic E-state index is 12.8. The van der Waals surface area contributed by atoms with Crippen molar-refractivity contribution in [2.75, 3.05) is 13.1 Å². The van der Waals surface area contributed by atoms with Crippen LogP contribution in [0.3, 0.4) is 0 Å². The van der Waals surface area contributed by atoms with Gasteiger partial charge in [0.1, 0.15) is 9.88 Å². The van der Waals surface area contributed by atoms with Crippen molar-refractivity contribution in [3.05, 3.63) is 65.5 Å². The van der Waals surface area contributed by atoms with Crippen molar-refractivity contribution in [2.24, 2.45) is 5.92 Å². The van der Waals surface area contributed by atoms with Crippen LogP contribution in [-0.2, 0) is 4.79 Å². The highest BCUT2D eigenvalue weighted by atomic mass is 32.1. The Morgan fingerprint density at radius 3 is 2.07 bits per heavy atom. The van der Waals surface area contributed by atoms with Gasteiger partial charge in [-0.05, 0) is 0 Å². The Bertz CT molecular complexity index is 937. The monoisotopic (exact) mass is 393 g/mol. The van der Waals surface area contributed by atoms with Gasteiger partial charge >= 0.3 is 0 Å². The zero-order valence-electron chi connectivity index (χ0n) is 15.9. The molecular weight excluding hydrogens is 370 g/mol. The standard InChI is InChI=1S/C22H23N3O2S/c1-15(2)20(26)23-13-14-24-21(27)19-18(16-9-5-3-6-10-16)25-22(28-19)17-11-7-4-8-12-17/h3-12,15H,13-14H2,1-2H3,(H,23,26)(H,24,27). The Morgan fingerprint density at radius 1 is 0.893 bits per heavy atom. The highest BCUT2D eigenvalue weighted by Gasteiger charge is 2.20. The molecule has 2 amide bonds. The second kappa shape index (κ2) is 9.28. The van der Waals surface area contributed by atoms with Gasteiger partial charge in [0, 0.05) is 30.1 Å². The molecule has 0 aliphatic carbocycles. The van der Waals surface area contributed by atoms with Crippen LogP contribution in [-0.4, -0.2) is 29.9 Å². The molecule has 0 bridgehead atoms. The van der Waals surface area contributed by atoms with Crippen molar-refractivity contribution in [1.82, 2.24) is 15.6 Å². The van der Waals surface area contributed by atoms with Crippen LogP contribution >= 0.6 is 11.3 Å². The van der Waals surface area contributed by atoms with Gasteiger partial charge in [0.2, 0.25) is 5.91 Å². The summed E-state index contributed by atoms with van der Waals surface area (Å²) in [5.74, 6) is -0.281. The molecule has 3 aromatic rings. The Labute approximate surface area is 168 Å². The lowest BCUT2D eigenvalue weighted by Crippen LogP contribution is -2.36. The van der Waals surface area contributed by atoms with Crippen LogP contribution in [0, 0.1) is 5.92 Å². The summed E-state index contributed by atoms with van der Waals surface area (Å²) in [5.41, 5.74) is 2.56. The molecule has 144 valence electrons. The van der Waals surface area contributed by atoms with Crippen molar-refractivity contribution in [2.45, 2.75) is 13.8 Å². The van der Waals surface area contributed by atoms with Gasteiger partial charge in [-0.15, -0.1) is 11.3 Å². The summed E-state index contributed by atoms with van der Waals surface area (Å²) in [7, 11) is 0. The fraction of sp³-hybridized carbons (Fsp3) is 0.227. The van der Waals surface area contributed by atoms with Crippen molar-refractivity contribution < 1.29 is 9.59 Å². The second-order valence-corrected chi connectivity index (χ2v) is 7.63. The second-order valence-electron chi connectivity index (χ2n) is 6.63. The lowest BCUT2D eigenvalue weighted by Gasteiger charge is -2.08. The third-order valence-corrected chi connectivity index (χ3v) is 5.24. The minimum absolute atomic E-state index is 0.0247. The summed E-state index contributed by atoms with van der Waals surface area (Å²) < 4.78 is 0. The molecule has 0 radical (unpaired) electrons. The van der Waals surface area contributed by atoms with Crippen LogP contribution in [0.4, 0.5) is 0 Å². The van der Waals surface area contributed by atoms with E-state index in [2.05, 4.69) is 10.6 Å². The van der Waals surface area contributed by atoms with Gasteiger partial charge in [-0.3, -0.25) is 9.59 Å². The highest BCUT2D eigenvalue weighted by molar-refractivity contribution is 7.17. The van der Waals surface area contributed by atoms with Gasteiger partial charge in [0.05, 0.1) is 5.69 Å². The normalized spacial score (nSPS) is 10.7. The molecule has 0 spiro atoms. The maximum Gasteiger partial charge on any atom is 0.263 e. The van der Waals surface area contributed by atoms with E-state index in [0.717, 1.165) is 16.1 Å². The topological polar surface area (TPSA) is 71.1 Å². The number of benzene rings is 2. The molecule has 1 aromatic heterocycles.